The van der Waals surface area contributed by atoms with Gasteiger partial charge in [-0.15, -0.1) is 0 Å². The van der Waals surface area contributed by atoms with Crippen LogP contribution >= 0.6 is 0 Å². The smallest absolute Gasteiger partial charge is 0.213 e. The minimum absolute atomic E-state index is 0.566. The number of nitrogens with zero attached hydrogens (tertiary/aromatic N) is 2. The molecule has 2 rings (SSSR count). The van der Waals surface area contributed by atoms with E-state index in [9.17, 15) is 0 Å². The second-order valence-electron chi connectivity index (χ2n) is 5.90. The lowest BCUT2D eigenvalue weighted by atomic mass is 10.1. The number of hydrogen-bond acceptors (Lipinski definition) is 2. The van der Waals surface area contributed by atoms with Crippen molar-refractivity contribution in [1.82, 2.24) is 10.3 Å². The summed E-state index contributed by atoms with van der Waals surface area (Å²) >= 11 is 0. The average molecular weight is 274 g/mol. The lowest BCUT2D eigenvalue weighted by molar-refractivity contribution is 0.275. The Labute approximate surface area is 122 Å². The molecule has 1 saturated carbocycles. The molecular weight excluding hydrogens is 248 g/mol. The normalized spacial score (nSPS) is 16.7. The molecule has 4 nitrogen and oxygen atoms in total. The van der Waals surface area contributed by atoms with Crippen molar-refractivity contribution in [1.29, 1.82) is 0 Å². The molecule has 0 aromatic heterocycles. The van der Waals surface area contributed by atoms with E-state index in [4.69, 9.17) is 5.84 Å². The van der Waals surface area contributed by atoms with Gasteiger partial charge in [-0.3, -0.25) is 5.43 Å². The SMILES string of the molecule is CC(C)CN(C(=Nc1ccccc1)NN)C1CCCC1. The Hall–Kier alpha value is -1.55. The van der Waals surface area contributed by atoms with Gasteiger partial charge in [0.15, 0.2) is 0 Å². The lowest BCUT2D eigenvalue weighted by Crippen LogP contribution is -2.50. The first-order valence-corrected chi connectivity index (χ1v) is 7.57. The van der Waals surface area contributed by atoms with Crippen LogP contribution in [-0.4, -0.2) is 23.4 Å². The predicted molar refractivity (Wildman–Crippen MR) is 84.7 cm³/mol. The summed E-state index contributed by atoms with van der Waals surface area (Å²) in [6.07, 6.45) is 5.09. The molecule has 110 valence electrons. The van der Waals surface area contributed by atoms with Crippen LogP contribution < -0.4 is 11.3 Å². The summed E-state index contributed by atoms with van der Waals surface area (Å²) < 4.78 is 0. The van der Waals surface area contributed by atoms with Crippen LogP contribution in [0.5, 0.6) is 0 Å². The van der Waals surface area contributed by atoms with Gasteiger partial charge in [-0.2, -0.15) is 0 Å². The van der Waals surface area contributed by atoms with E-state index < -0.39 is 0 Å². The molecule has 20 heavy (non-hydrogen) atoms. The van der Waals surface area contributed by atoms with Crippen LogP contribution in [0.2, 0.25) is 0 Å². The minimum atomic E-state index is 0.566. The van der Waals surface area contributed by atoms with Gasteiger partial charge in [0, 0.05) is 12.6 Å². The van der Waals surface area contributed by atoms with Crippen LogP contribution in [0.15, 0.2) is 35.3 Å². The van der Waals surface area contributed by atoms with Gasteiger partial charge in [0.2, 0.25) is 5.96 Å². The zero-order chi connectivity index (χ0) is 14.4. The second-order valence-corrected chi connectivity index (χ2v) is 5.90. The Morgan fingerprint density at radius 2 is 1.95 bits per heavy atom. The maximum atomic E-state index is 5.74. The number of hydrogen-bond donors (Lipinski definition) is 2. The van der Waals surface area contributed by atoms with Crippen molar-refractivity contribution in [3.05, 3.63) is 30.3 Å². The Morgan fingerprint density at radius 3 is 2.50 bits per heavy atom. The van der Waals surface area contributed by atoms with E-state index in [2.05, 4.69) is 29.2 Å². The summed E-state index contributed by atoms with van der Waals surface area (Å²) in [6.45, 7) is 5.46. The zero-order valence-electron chi connectivity index (χ0n) is 12.5. The van der Waals surface area contributed by atoms with E-state index in [0.29, 0.717) is 12.0 Å². The number of nitrogens with two attached hydrogens (primary N) is 1. The van der Waals surface area contributed by atoms with Gasteiger partial charge in [-0.1, -0.05) is 44.9 Å². The Balaban J connectivity index is 2.21. The number of para-hydroxylation sites is 1. The third-order valence-corrected chi connectivity index (χ3v) is 3.72. The molecule has 1 aliphatic rings. The molecule has 0 spiro atoms. The van der Waals surface area contributed by atoms with Crippen molar-refractivity contribution < 1.29 is 0 Å². The van der Waals surface area contributed by atoms with Gasteiger partial charge in [0.25, 0.3) is 0 Å². The fourth-order valence-corrected chi connectivity index (χ4v) is 2.82. The second kappa shape index (κ2) is 7.29. The van der Waals surface area contributed by atoms with Crippen LogP contribution in [0.25, 0.3) is 0 Å². The van der Waals surface area contributed by atoms with Crippen molar-refractivity contribution in [3.63, 3.8) is 0 Å². The molecular formula is C16H26N4. The van der Waals surface area contributed by atoms with Crippen LogP contribution in [0, 0.1) is 5.92 Å². The van der Waals surface area contributed by atoms with Gasteiger partial charge in [0.1, 0.15) is 0 Å². The van der Waals surface area contributed by atoms with Gasteiger partial charge in [0.05, 0.1) is 5.69 Å². The molecule has 1 aromatic rings. The summed E-state index contributed by atoms with van der Waals surface area (Å²) in [5.74, 6) is 7.12. The van der Waals surface area contributed by atoms with Gasteiger partial charge in [-0.05, 0) is 30.9 Å². The number of nitrogens with one attached hydrogen (secondary N) is 1. The zero-order valence-corrected chi connectivity index (χ0v) is 12.5. The van der Waals surface area contributed by atoms with E-state index in [1.54, 1.807) is 0 Å². The monoisotopic (exact) mass is 274 g/mol. The molecule has 0 atom stereocenters. The number of rotatable bonds is 4. The highest BCUT2D eigenvalue weighted by atomic mass is 15.4. The van der Waals surface area contributed by atoms with Gasteiger partial charge >= 0.3 is 0 Å². The Morgan fingerprint density at radius 1 is 1.30 bits per heavy atom. The highest BCUT2D eigenvalue weighted by Crippen LogP contribution is 2.25. The summed E-state index contributed by atoms with van der Waals surface area (Å²) in [7, 11) is 0. The summed E-state index contributed by atoms with van der Waals surface area (Å²) in [5, 5.41) is 0. The van der Waals surface area contributed by atoms with Crippen LogP contribution in [0.1, 0.15) is 39.5 Å². The molecule has 0 amide bonds. The molecule has 0 unspecified atom stereocenters. The summed E-state index contributed by atoms with van der Waals surface area (Å²) in [5.41, 5.74) is 3.75. The Bertz CT molecular complexity index is 421. The summed E-state index contributed by atoms with van der Waals surface area (Å²) in [6, 6.07) is 10.6. The number of benzene rings is 1. The predicted octanol–water partition coefficient (Wildman–Crippen LogP) is 3.04. The average Bonchev–Trinajstić information content (AvgIpc) is 2.97. The number of guanidine groups is 1. The lowest BCUT2D eigenvalue weighted by Gasteiger charge is -2.32. The van der Waals surface area contributed by atoms with E-state index in [0.717, 1.165) is 18.2 Å². The van der Waals surface area contributed by atoms with Gasteiger partial charge < -0.3 is 4.90 Å². The highest BCUT2D eigenvalue weighted by molar-refractivity contribution is 5.82. The van der Waals surface area contributed by atoms with Crippen molar-refractivity contribution in [2.24, 2.45) is 16.8 Å². The van der Waals surface area contributed by atoms with Crippen molar-refractivity contribution in [2.75, 3.05) is 6.54 Å². The third kappa shape index (κ3) is 3.97. The first-order chi connectivity index (χ1) is 9.70. The molecule has 1 fully saturated rings. The molecule has 0 aliphatic heterocycles. The summed E-state index contributed by atoms with van der Waals surface area (Å²) in [4.78, 5) is 7.03. The highest BCUT2D eigenvalue weighted by Gasteiger charge is 2.25. The van der Waals surface area contributed by atoms with Crippen molar-refractivity contribution in [3.8, 4) is 0 Å². The largest absolute Gasteiger partial charge is 0.338 e. The first-order valence-electron chi connectivity index (χ1n) is 7.57. The molecule has 0 saturated heterocycles. The molecule has 4 heteroatoms. The maximum absolute atomic E-state index is 5.74. The molecule has 1 aromatic carbocycles. The third-order valence-electron chi connectivity index (χ3n) is 3.72. The van der Waals surface area contributed by atoms with Crippen LogP contribution in [0.4, 0.5) is 5.69 Å². The standard InChI is InChI=1S/C16H26N4/c1-13(2)12-20(15-10-6-7-11-15)16(19-17)18-14-8-4-3-5-9-14/h3-5,8-9,13,15H,6-7,10-12,17H2,1-2H3,(H,18,19). The van der Waals surface area contributed by atoms with Crippen molar-refractivity contribution in [2.45, 2.75) is 45.6 Å². The Kier molecular flexibility index (Phi) is 5.41. The van der Waals surface area contributed by atoms with Crippen LogP contribution in [-0.2, 0) is 0 Å². The quantitative estimate of drug-likeness (QED) is 0.384. The van der Waals surface area contributed by atoms with E-state index in [1.165, 1.54) is 25.7 Å². The first kappa shape index (κ1) is 14.9. The van der Waals surface area contributed by atoms with E-state index >= 15 is 0 Å². The molecule has 3 N–H and O–H groups in total. The van der Waals surface area contributed by atoms with E-state index in [1.807, 2.05) is 30.3 Å². The minimum Gasteiger partial charge on any atom is -0.338 e. The fourth-order valence-electron chi connectivity index (χ4n) is 2.82. The van der Waals surface area contributed by atoms with Crippen LogP contribution in [0.3, 0.4) is 0 Å². The van der Waals surface area contributed by atoms with E-state index in [-0.39, 0.29) is 0 Å². The molecule has 1 aliphatic carbocycles. The molecule has 0 heterocycles. The fraction of sp³-hybridized carbons (Fsp3) is 0.562. The maximum Gasteiger partial charge on any atom is 0.213 e. The molecule has 0 bridgehead atoms. The van der Waals surface area contributed by atoms with Gasteiger partial charge in [-0.25, -0.2) is 10.8 Å². The topological polar surface area (TPSA) is 53.6 Å². The van der Waals surface area contributed by atoms with Crippen molar-refractivity contribution >= 4 is 11.6 Å². The number of aliphatic imine (C=N–C) groups is 1. The number of hydrazine groups is 1. The molecule has 0 radical (unpaired) electrons.